The van der Waals surface area contributed by atoms with Gasteiger partial charge < -0.3 is 19.9 Å². The van der Waals surface area contributed by atoms with Gasteiger partial charge in [0.05, 0.1) is 0 Å². The molecule has 0 spiro atoms. The Morgan fingerprint density at radius 3 is 2.55 bits per heavy atom. The fraction of sp³-hybridized carbons (Fsp3) is 0.286. The van der Waals surface area contributed by atoms with Gasteiger partial charge in [-0.15, -0.1) is 0 Å². The monoisotopic (exact) mass is 277 g/mol. The van der Waals surface area contributed by atoms with Crippen molar-refractivity contribution in [1.82, 2.24) is 4.98 Å². The summed E-state index contributed by atoms with van der Waals surface area (Å²) in [4.78, 5) is 24.4. The highest BCUT2D eigenvalue weighted by Crippen LogP contribution is 2.32. The number of fused-ring (bicyclic) bond motifs is 1. The summed E-state index contributed by atoms with van der Waals surface area (Å²) in [6.07, 6.45) is -1.31. The molecule has 2 rings (SSSR count). The van der Waals surface area contributed by atoms with E-state index in [-0.39, 0.29) is 18.7 Å². The summed E-state index contributed by atoms with van der Waals surface area (Å²) in [5.74, 6) is -0.840. The van der Waals surface area contributed by atoms with Crippen LogP contribution in [0, 0.1) is 13.8 Å². The predicted octanol–water partition coefficient (Wildman–Crippen LogP) is 2.86. The van der Waals surface area contributed by atoms with Gasteiger partial charge in [0, 0.05) is 22.9 Å². The third kappa shape index (κ3) is 2.74. The van der Waals surface area contributed by atoms with Crippen molar-refractivity contribution in [3.8, 4) is 5.88 Å². The summed E-state index contributed by atoms with van der Waals surface area (Å²) < 4.78 is 4.73. The van der Waals surface area contributed by atoms with Crippen LogP contribution in [0.4, 0.5) is 4.79 Å². The van der Waals surface area contributed by atoms with E-state index in [0.717, 1.165) is 22.0 Å². The zero-order valence-electron chi connectivity index (χ0n) is 11.2. The number of ether oxygens (including phenoxy) is 1. The molecule has 0 aliphatic carbocycles. The molecule has 1 aromatic carbocycles. The van der Waals surface area contributed by atoms with E-state index in [9.17, 15) is 9.59 Å². The SMILES string of the molecule is Cc1cc(C)c2c(CCC(=O)O)c(OC(=O)O)[nH]c2c1. The average Bonchev–Trinajstić information content (AvgIpc) is 2.62. The van der Waals surface area contributed by atoms with Crippen molar-refractivity contribution in [2.75, 3.05) is 0 Å². The van der Waals surface area contributed by atoms with Crippen molar-refractivity contribution < 1.29 is 24.5 Å². The maximum Gasteiger partial charge on any atom is 0.512 e. The van der Waals surface area contributed by atoms with E-state index in [4.69, 9.17) is 14.9 Å². The number of aryl methyl sites for hydroxylation is 3. The van der Waals surface area contributed by atoms with Crippen LogP contribution in [0.1, 0.15) is 23.1 Å². The molecule has 0 bridgehead atoms. The van der Waals surface area contributed by atoms with Gasteiger partial charge in [-0.2, -0.15) is 0 Å². The second kappa shape index (κ2) is 5.24. The number of aliphatic carboxylic acids is 1. The first kappa shape index (κ1) is 13.9. The van der Waals surface area contributed by atoms with E-state index < -0.39 is 12.1 Å². The number of H-pyrrole nitrogens is 1. The average molecular weight is 277 g/mol. The van der Waals surface area contributed by atoms with Crippen molar-refractivity contribution in [1.29, 1.82) is 0 Å². The maximum absolute atomic E-state index is 10.7. The number of aromatic amines is 1. The number of hydrogen-bond acceptors (Lipinski definition) is 3. The van der Waals surface area contributed by atoms with Crippen LogP contribution in [-0.2, 0) is 11.2 Å². The molecular weight excluding hydrogens is 262 g/mol. The van der Waals surface area contributed by atoms with Crippen molar-refractivity contribution in [3.05, 3.63) is 28.8 Å². The molecule has 0 radical (unpaired) electrons. The smallest absolute Gasteiger partial charge is 0.481 e. The van der Waals surface area contributed by atoms with Crippen LogP contribution in [0.5, 0.6) is 5.88 Å². The summed E-state index contributed by atoms with van der Waals surface area (Å²) in [6, 6.07) is 3.84. The molecule has 0 saturated carbocycles. The number of carboxylic acid groups (broad SMARTS) is 2. The Kier molecular flexibility index (Phi) is 3.65. The lowest BCUT2D eigenvalue weighted by Gasteiger charge is -2.04. The number of carbonyl (C=O) groups is 2. The van der Waals surface area contributed by atoms with Crippen LogP contribution in [-0.4, -0.2) is 27.3 Å². The minimum Gasteiger partial charge on any atom is -0.481 e. The minimum atomic E-state index is -1.43. The van der Waals surface area contributed by atoms with E-state index in [1.807, 2.05) is 26.0 Å². The standard InChI is InChI=1S/C14H15NO5/c1-7-5-8(2)12-9(3-4-11(16)17)13(20-14(18)19)15-10(12)6-7/h5-6,15H,3-4H2,1-2H3,(H,16,17)(H,18,19). The van der Waals surface area contributed by atoms with Crippen molar-refractivity contribution in [2.24, 2.45) is 0 Å². The molecule has 0 aliphatic heterocycles. The lowest BCUT2D eigenvalue weighted by molar-refractivity contribution is -0.136. The highest BCUT2D eigenvalue weighted by atomic mass is 16.7. The molecular formula is C14H15NO5. The van der Waals surface area contributed by atoms with Gasteiger partial charge in [-0.05, 0) is 37.5 Å². The summed E-state index contributed by atoms with van der Waals surface area (Å²) in [6.45, 7) is 3.83. The lowest BCUT2D eigenvalue weighted by Crippen LogP contribution is -2.06. The molecule has 1 heterocycles. The van der Waals surface area contributed by atoms with E-state index in [0.29, 0.717) is 5.56 Å². The van der Waals surface area contributed by atoms with E-state index >= 15 is 0 Å². The molecule has 0 unspecified atom stereocenters. The van der Waals surface area contributed by atoms with E-state index in [2.05, 4.69) is 4.98 Å². The van der Waals surface area contributed by atoms with Crippen LogP contribution in [0.3, 0.4) is 0 Å². The Morgan fingerprint density at radius 1 is 1.25 bits per heavy atom. The molecule has 20 heavy (non-hydrogen) atoms. The Morgan fingerprint density at radius 2 is 1.95 bits per heavy atom. The molecule has 0 amide bonds. The largest absolute Gasteiger partial charge is 0.512 e. The maximum atomic E-state index is 10.7. The molecule has 0 aliphatic rings. The second-order valence-corrected chi connectivity index (χ2v) is 4.70. The molecule has 6 nitrogen and oxygen atoms in total. The predicted molar refractivity (Wildman–Crippen MR) is 72.4 cm³/mol. The zero-order chi connectivity index (χ0) is 14.9. The third-order valence-corrected chi connectivity index (χ3v) is 3.08. The Hall–Kier alpha value is -2.50. The Bertz CT molecular complexity index is 686. The summed E-state index contributed by atoms with van der Waals surface area (Å²) >= 11 is 0. The molecule has 0 fully saturated rings. The first-order valence-electron chi connectivity index (χ1n) is 6.13. The second-order valence-electron chi connectivity index (χ2n) is 4.70. The van der Waals surface area contributed by atoms with Crippen LogP contribution >= 0.6 is 0 Å². The molecule has 2 aromatic rings. The number of rotatable bonds is 4. The van der Waals surface area contributed by atoms with E-state index in [1.165, 1.54) is 0 Å². The van der Waals surface area contributed by atoms with Gasteiger partial charge in [-0.25, -0.2) is 4.79 Å². The van der Waals surface area contributed by atoms with Crippen molar-refractivity contribution in [2.45, 2.75) is 26.7 Å². The fourth-order valence-corrected chi connectivity index (χ4v) is 2.42. The molecule has 0 atom stereocenters. The number of aromatic nitrogens is 1. The first-order valence-corrected chi connectivity index (χ1v) is 6.13. The Balaban J connectivity index is 2.58. The number of carboxylic acids is 1. The van der Waals surface area contributed by atoms with Gasteiger partial charge in [0.1, 0.15) is 0 Å². The van der Waals surface area contributed by atoms with Gasteiger partial charge in [-0.3, -0.25) is 4.79 Å². The lowest BCUT2D eigenvalue weighted by atomic mass is 10.0. The fourth-order valence-electron chi connectivity index (χ4n) is 2.42. The van der Waals surface area contributed by atoms with Crippen molar-refractivity contribution >= 4 is 23.0 Å². The van der Waals surface area contributed by atoms with Crippen LogP contribution in [0.25, 0.3) is 10.9 Å². The van der Waals surface area contributed by atoms with Gasteiger partial charge in [-0.1, -0.05) is 6.07 Å². The minimum absolute atomic E-state index is 0.0871. The van der Waals surface area contributed by atoms with Gasteiger partial charge in [0.2, 0.25) is 5.88 Å². The molecule has 3 N–H and O–H groups in total. The highest BCUT2D eigenvalue weighted by Gasteiger charge is 2.18. The Labute approximate surface area is 115 Å². The molecule has 106 valence electrons. The van der Waals surface area contributed by atoms with Crippen LogP contribution < -0.4 is 4.74 Å². The quantitative estimate of drug-likeness (QED) is 0.746. The molecule has 0 saturated heterocycles. The van der Waals surface area contributed by atoms with Crippen LogP contribution in [0.2, 0.25) is 0 Å². The zero-order valence-corrected chi connectivity index (χ0v) is 11.2. The van der Waals surface area contributed by atoms with Gasteiger partial charge in [0.25, 0.3) is 0 Å². The highest BCUT2D eigenvalue weighted by molar-refractivity contribution is 5.90. The number of nitrogens with one attached hydrogen (secondary N) is 1. The molecule has 6 heteroatoms. The normalized spacial score (nSPS) is 10.7. The summed E-state index contributed by atoms with van der Waals surface area (Å²) in [5, 5.41) is 18.4. The van der Waals surface area contributed by atoms with Gasteiger partial charge in [0.15, 0.2) is 0 Å². The number of hydrogen-bond donors (Lipinski definition) is 3. The first-order chi connectivity index (χ1) is 9.38. The van der Waals surface area contributed by atoms with Crippen LogP contribution in [0.15, 0.2) is 12.1 Å². The molecule has 1 aromatic heterocycles. The van der Waals surface area contributed by atoms with Crippen molar-refractivity contribution in [3.63, 3.8) is 0 Å². The topological polar surface area (TPSA) is 99.6 Å². The summed E-state index contributed by atoms with van der Waals surface area (Å²) in [7, 11) is 0. The number of benzene rings is 1. The van der Waals surface area contributed by atoms with Gasteiger partial charge >= 0.3 is 12.1 Å². The van der Waals surface area contributed by atoms with E-state index in [1.54, 1.807) is 0 Å². The summed E-state index contributed by atoms with van der Waals surface area (Å²) in [5.41, 5.74) is 3.32. The third-order valence-electron chi connectivity index (χ3n) is 3.08.